The molecule has 2 amide bonds. The van der Waals surface area contributed by atoms with Crippen LogP contribution in [0.4, 0.5) is 26.3 Å². The van der Waals surface area contributed by atoms with E-state index >= 15 is 0 Å². The summed E-state index contributed by atoms with van der Waals surface area (Å²) in [5.74, 6) is -6.31. The third-order valence-electron chi connectivity index (χ3n) is 6.16. The number of carbonyl (C=O) groups excluding carboxylic acids is 2. The van der Waals surface area contributed by atoms with Crippen molar-refractivity contribution < 1.29 is 35.9 Å². The van der Waals surface area contributed by atoms with Gasteiger partial charge in [0.2, 0.25) is 17.6 Å². The van der Waals surface area contributed by atoms with Crippen LogP contribution in [-0.2, 0) is 35.3 Å². The topological polar surface area (TPSA) is 106 Å². The summed E-state index contributed by atoms with van der Waals surface area (Å²) < 4.78 is 82.0. The molecule has 0 saturated heterocycles. The Balaban J connectivity index is 1.57. The van der Waals surface area contributed by atoms with E-state index in [0.717, 1.165) is 4.57 Å². The van der Waals surface area contributed by atoms with Crippen molar-refractivity contribution in [1.29, 1.82) is 0 Å². The third kappa shape index (κ3) is 5.96. The van der Waals surface area contributed by atoms with Gasteiger partial charge in [-0.25, -0.2) is 13.2 Å². The first-order valence-electron chi connectivity index (χ1n) is 11.4. The van der Waals surface area contributed by atoms with Crippen molar-refractivity contribution in [2.24, 2.45) is 5.73 Å². The summed E-state index contributed by atoms with van der Waals surface area (Å²) >= 11 is 0. The van der Waals surface area contributed by atoms with E-state index in [4.69, 9.17) is 5.73 Å². The quantitative estimate of drug-likeness (QED) is 0.338. The first-order valence-corrected chi connectivity index (χ1v) is 11.4. The smallest absolute Gasteiger partial charge is 0.368 e. The molecule has 14 heteroatoms. The molecule has 0 radical (unpaired) electrons. The van der Waals surface area contributed by atoms with Gasteiger partial charge in [-0.15, -0.1) is 10.2 Å². The van der Waals surface area contributed by atoms with Gasteiger partial charge < -0.3 is 15.2 Å². The molecule has 202 valence electrons. The fourth-order valence-electron chi connectivity index (χ4n) is 4.32. The highest BCUT2D eigenvalue weighted by atomic mass is 19.4. The number of alkyl halides is 3. The van der Waals surface area contributed by atoms with Crippen LogP contribution in [0.15, 0.2) is 42.5 Å². The molecule has 2 aromatic carbocycles. The predicted octanol–water partition coefficient (Wildman–Crippen LogP) is 2.87. The Labute approximate surface area is 212 Å². The molecule has 0 aliphatic carbocycles. The SMILES string of the molecule is NC(=O)[C@H](N[C@@H](CC(=O)N1CCn2c(nnc2C(F)(F)F)C1)Cc1cc(F)c(F)cc1F)c1ccccc1. The van der Waals surface area contributed by atoms with E-state index in [9.17, 15) is 35.9 Å². The predicted molar refractivity (Wildman–Crippen MR) is 120 cm³/mol. The second kappa shape index (κ2) is 10.8. The fraction of sp³-hybridized carbons (Fsp3) is 0.333. The Morgan fingerprint density at radius 1 is 1.00 bits per heavy atom. The van der Waals surface area contributed by atoms with Gasteiger partial charge >= 0.3 is 6.18 Å². The maximum atomic E-state index is 14.4. The molecule has 2 atom stereocenters. The van der Waals surface area contributed by atoms with Crippen molar-refractivity contribution in [1.82, 2.24) is 25.0 Å². The largest absolute Gasteiger partial charge is 0.451 e. The van der Waals surface area contributed by atoms with Crippen LogP contribution in [0.5, 0.6) is 0 Å². The molecular formula is C24H22F6N6O2. The highest BCUT2D eigenvalue weighted by molar-refractivity contribution is 5.82. The number of nitrogens with one attached hydrogen (secondary N) is 1. The number of nitrogens with zero attached hydrogens (tertiary/aromatic N) is 4. The van der Waals surface area contributed by atoms with Gasteiger partial charge in [-0.1, -0.05) is 30.3 Å². The van der Waals surface area contributed by atoms with E-state index in [1.807, 2.05) is 0 Å². The van der Waals surface area contributed by atoms with E-state index in [0.29, 0.717) is 17.7 Å². The monoisotopic (exact) mass is 540 g/mol. The van der Waals surface area contributed by atoms with Gasteiger partial charge in [0.1, 0.15) is 11.9 Å². The number of benzene rings is 2. The van der Waals surface area contributed by atoms with E-state index in [1.54, 1.807) is 30.3 Å². The summed E-state index contributed by atoms with van der Waals surface area (Å²) in [7, 11) is 0. The van der Waals surface area contributed by atoms with Crippen LogP contribution in [0.2, 0.25) is 0 Å². The minimum atomic E-state index is -4.71. The number of aromatic nitrogens is 3. The second-order valence-corrected chi connectivity index (χ2v) is 8.78. The van der Waals surface area contributed by atoms with Crippen LogP contribution in [0.25, 0.3) is 0 Å². The van der Waals surface area contributed by atoms with Crippen LogP contribution >= 0.6 is 0 Å². The van der Waals surface area contributed by atoms with Crippen LogP contribution in [0.3, 0.4) is 0 Å². The number of hydrogen-bond acceptors (Lipinski definition) is 5. The maximum absolute atomic E-state index is 14.4. The van der Waals surface area contributed by atoms with Gasteiger partial charge in [-0.3, -0.25) is 14.9 Å². The van der Waals surface area contributed by atoms with Crippen LogP contribution < -0.4 is 11.1 Å². The van der Waals surface area contributed by atoms with Gasteiger partial charge in [-0.2, -0.15) is 13.2 Å². The molecule has 0 bridgehead atoms. The maximum Gasteiger partial charge on any atom is 0.451 e. The van der Waals surface area contributed by atoms with Gasteiger partial charge in [0.25, 0.3) is 0 Å². The molecule has 38 heavy (non-hydrogen) atoms. The molecule has 0 fully saturated rings. The van der Waals surface area contributed by atoms with Crippen LogP contribution in [0, 0.1) is 17.5 Å². The van der Waals surface area contributed by atoms with E-state index in [-0.39, 0.29) is 43.9 Å². The normalized spacial score (nSPS) is 15.2. The highest BCUT2D eigenvalue weighted by Gasteiger charge is 2.40. The summed E-state index contributed by atoms with van der Waals surface area (Å²) in [6, 6.07) is 7.16. The first kappa shape index (κ1) is 27.1. The molecule has 3 N–H and O–H groups in total. The molecular weight excluding hydrogens is 518 g/mol. The standard InChI is InChI=1S/C24H22F6N6O2/c25-16-11-18(27)17(26)9-14(16)8-15(32-21(22(31)38)13-4-2-1-3-5-13)10-20(37)35-6-7-36-19(12-35)33-34-23(36)24(28,29)30/h1-5,9,11,15,21,32H,6-8,10,12H2,(H2,31,38)/t15-,21-/m1/s1. The van der Waals surface area contributed by atoms with E-state index in [2.05, 4.69) is 15.5 Å². The Hall–Kier alpha value is -3.94. The minimum absolute atomic E-state index is 0.0626. The van der Waals surface area contributed by atoms with Gasteiger partial charge in [0.05, 0.1) is 6.54 Å². The number of carbonyl (C=O) groups is 2. The van der Waals surface area contributed by atoms with Gasteiger partial charge in [0, 0.05) is 31.6 Å². The Bertz CT molecular complexity index is 1330. The van der Waals surface area contributed by atoms with Crippen LogP contribution in [-0.4, -0.2) is 44.1 Å². The number of rotatable bonds is 8. The van der Waals surface area contributed by atoms with Crippen molar-refractivity contribution in [2.45, 2.75) is 44.2 Å². The van der Waals surface area contributed by atoms with E-state index < -0.39 is 53.4 Å². The second-order valence-electron chi connectivity index (χ2n) is 8.78. The number of halogens is 6. The zero-order valence-corrected chi connectivity index (χ0v) is 19.7. The highest BCUT2D eigenvalue weighted by Crippen LogP contribution is 2.29. The van der Waals surface area contributed by atoms with Crippen molar-refractivity contribution >= 4 is 11.8 Å². The summed E-state index contributed by atoms with van der Waals surface area (Å²) in [5.41, 5.74) is 5.76. The lowest BCUT2D eigenvalue weighted by Gasteiger charge is -2.31. The van der Waals surface area contributed by atoms with Gasteiger partial charge in [0.15, 0.2) is 17.5 Å². The summed E-state index contributed by atoms with van der Waals surface area (Å²) in [4.78, 5) is 26.7. The number of fused-ring (bicyclic) bond motifs is 1. The Morgan fingerprint density at radius 2 is 1.68 bits per heavy atom. The molecule has 2 heterocycles. The Morgan fingerprint density at radius 3 is 2.34 bits per heavy atom. The Kier molecular flexibility index (Phi) is 7.71. The lowest BCUT2D eigenvalue weighted by molar-refractivity contribution is -0.148. The molecule has 0 spiro atoms. The number of primary amides is 1. The zero-order chi connectivity index (χ0) is 27.6. The molecule has 1 aromatic heterocycles. The van der Waals surface area contributed by atoms with Crippen molar-refractivity contribution in [3.63, 3.8) is 0 Å². The average Bonchev–Trinajstić information content (AvgIpc) is 3.30. The molecule has 8 nitrogen and oxygen atoms in total. The van der Waals surface area contributed by atoms with Crippen molar-refractivity contribution in [2.75, 3.05) is 6.54 Å². The minimum Gasteiger partial charge on any atom is -0.368 e. The molecule has 0 saturated carbocycles. The number of nitrogens with two attached hydrogens (primary N) is 1. The average molecular weight is 540 g/mol. The number of amides is 2. The van der Waals surface area contributed by atoms with E-state index in [1.165, 1.54) is 4.90 Å². The fourth-order valence-corrected chi connectivity index (χ4v) is 4.32. The van der Waals surface area contributed by atoms with Crippen molar-refractivity contribution in [3.05, 3.63) is 82.7 Å². The molecule has 1 aliphatic rings. The summed E-state index contributed by atoms with van der Waals surface area (Å²) in [6.07, 6.45) is -5.40. The molecule has 4 rings (SSSR count). The zero-order valence-electron chi connectivity index (χ0n) is 19.7. The molecule has 0 unspecified atom stereocenters. The summed E-state index contributed by atoms with van der Waals surface area (Å²) in [6.45, 7) is -0.546. The van der Waals surface area contributed by atoms with Gasteiger partial charge in [-0.05, 0) is 23.6 Å². The third-order valence-corrected chi connectivity index (χ3v) is 6.16. The lowest BCUT2D eigenvalue weighted by atomic mass is 9.98. The van der Waals surface area contributed by atoms with Crippen molar-refractivity contribution in [3.8, 4) is 0 Å². The summed E-state index contributed by atoms with van der Waals surface area (Å²) in [5, 5.41) is 9.62. The van der Waals surface area contributed by atoms with Crippen LogP contribution in [0.1, 0.15) is 35.2 Å². The first-order chi connectivity index (χ1) is 17.9. The molecule has 1 aliphatic heterocycles. The number of hydrogen-bond donors (Lipinski definition) is 2. The molecule has 3 aromatic rings. The lowest BCUT2D eigenvalue weighted by Crippen LogP contribution is -2.46.